The van der Waals surface area contributed by atoms with Crippen molar-refractivity contribution in [3.63, 3.8) is 0 Å². The lowest BCUT2D eigenvalue weighted by molar-refractivity contribution is -0.133. The molecule has 2 N–H and O–H groups in total. The van der Waals surface area contributed by atoms with Crippen LogP contribution < -0.4 is 0 Å². The van der Waals surface area contributed by atoms with E-state index in [0.29, 0.717) is 12.8 Å². The number of aliphatic hydroxyl groups excluding tert-OH is 1. The summed E-state index contributed by atoms with van der Waals surface area (Å²) >= 11 is 0. The van der Waals surface area contributed by atoms with Crippen LogP contribution in [0.1, 0.15) is 26.2 Å². The van der Waals surface area contributed by atoms with Gasteiger partial charge in [-0.2, -0.15) is 0 Å². The van der Waals surface area contributed by atoms with Crippen molar-refractivity contribution in [1.29, 1.82) is 0 Å². The number of carboxylic acid groups (broad SMARTS) is 1. The van der Waals surface area contributed by atoms with Gasteiger partial charge in [-0.1, -0.05) is 20.1 Å². The van der Waals surface area contributed by atoms with Crippen molar-refractivity contribution < 1.29 is 19.8 Å². The molecule has 0 radical (unpaired) electrons. The number of carbonyl (C=O) groups excluding carboxylic acids is 1. The minimum atomic E-state index is -1.13. The van der Waals surface area contributed by atoms with Gasteiger partial charge in [0.25, 0.3) is 0 Å². The van der Waals surface area contributed by atoms with Crippen molar-refractivity contribution >= 4 is 11.9 Å². The van der Waals surface area contributed by atoms with E-state index < -0.39 is 12.1 Å². The van der Waals surface area contributed by atoms with Crippen LogP contribution in [0.2, 0.25) is 0 Å². The molecule has 1 atom stereocenters. The molecule has 5 nitrogen and oxygen atoms in total. The first-order valence-electron chi connectivity index (χ1n) is 5.46. The van der Waals surface area contributed by atoms with E-state index in [1.54, 1.807) is 18.0 Å². The van der Waals surface area contributed by atoms with E-state index in [2.05, 4.69) is 13.2 Å². The highest BCUT2D eigenvalue weighted by molar-refractivity contribution is 5.86. The van der Waals surface area contributed by atoms with E-state index in [4.69, 9.17) is 10.2 Å². The summed E-state index contributed by atoms with van der Waals surface area (Å²) in [7, 11) is 0. The second-order valence-electron chi connectivity index (χ2n) is 3.63. The first kappa shape index (κ1) is 15.4. The lowest BCUT2D eigenvalue weighted by atomic mass is 10.1. The van der Waals surface area contributed by atoms with Crippen molar-refractivity contribution in [2.45, 2.75) is 32.3 Å². The number of aliphatic hydroxyl groups is 1. The molecule has 1 aliphatic rings. The number of nitrogens with zero attached hydrogens (tertiary/aromatic N) is 1. The lowest BCUT2D eigenvalue weighted by Crippen LogP contribution is -2.16. The molecule has 0 aromatic rings. The highest BCUT2D eigenvalue weighted by Crippen LogP contribution is 2.08. The maximum Gasteiger partial charge on any atom is 0.333 e. The third-order valence-electron chi connectivity index (χ3n) is 2.39. The Morgan fingerprint density at radius 3 is 2.41 bits per heavy atom. The summed E-state index contributed by atoms with van der Waals surface area (Å²) in [6, 6.07) is 0. The zero-order chi connectivity index (χ0) is 13.4. The van der Waals surface area contributed by atoms with Gasteiger partial charge in [0.05, 0.1) is 11.7 Å². The van der Waals surface area contributed by atoms with Crippen LogP contribution >= 0.6 is 0 Å². The molecule has 1 unspecified atom stereocenters. The van der Waals surface area contributed by atoms with Crippen LogP contribution in [0.5, 0.6) is 0 Å². The molecule has 1 fully saturated rings. The number of aliphatic carboxylic acids is 1. The van der Waals surface area contributed by atoms with Crippen LogP contribution in [0, 0.1) is 0 Å². The fraction of sp³-hybridized carbons (Fsp3) is 0.500. The molecular weight excluding hydrogens is 222 g/mol. The monoisotopic (exact) mass is 241 g/mol. The van der Waals surface area contributed by atoms with Crippen LogP contribution in [0.25, 0.3) is 0 Å². The van der Waals surface area contributed by atoms with Gasteiger partial charge in [0.2, 0.25) is 5.91 Å². The van der Waals surface area contributed by atoms with Gasteiger partial charge in [-0.3, -0.25) is 4.79 Å². The van der Waals surface area contributed by atoms with Crippen LogP contribution in [0.15, 0.2) is 24.9 Å². The summed E-state index contributed by atoms with van der Waals surface area (Å²) in [6.07, 6.45) is 2.78. The third-order valence-corrected chi connectivity index (χ3v) is 2.39. The molecule has 0 saturated carbocycles. The summed E-state index contributed by atoms with van der Waals surface area (Å²) in [4.78, 5) is 22.4. The Morgan fingerprint density at radius 1 is 1.65 bits per heavy atom. The van der Waals surface area contributed by atoms with Crippen LogP contribution in [0.3, 0.4) is 0 Å². The van der Waals surface area contributed by atoms with E-state index in [9.17, 15) is 9.59 Å². The fourth-order valence-electron chi connectivity index (χ4n) is 1.25. The zero-order valence-electron chi connectivity index (χ0n) is 10.1. The van der Waals surface area contributed by atoms with Gasteiger partial charge >= 0.3 is 5.97 Å². The van der Waals surface area contributed by atoms with Crippen molar-refractivity contribution in [1.82, 2.24) is 4.90 Å². The van der Waals surface area contributed by atoms with Crippen LogP contribution in [-0.2, 0) is 9.59 Å². The summed E-state index contributed by atoms with van der Waals surface area (Å²) in [5.41, 5.74) is -0.141. The Labute approximate surface area is 101 Å². The van der Waals surface area contributed by atoms with Gasteiger partial charge in [0.15, 0.2) is 0 Å². The smallest absolute Gasteiger partial charge is 0.333 e. The number of likely N-dealkylation sites (tertiary alicyclic amines) is 1. The molecule has 1 saturated heterocycles. The maximum atomic E-state index is 10.7. The summed E-state index contributed by atoms with van der Waals surface area (Å²) in [5, 5.41) is 17.0. The normalized spacial score (nSPS) is 15.9. The van der Waals surface area contributed by atoms with E-state index in [0.717, 1.165) is 13.0 Å². The molecule has 1 heterocycles. The molecule has 0 spiro atoms. The standard InChI is InChI=1S/C6H9NO.C6H10O3/c1-2-7-5-3-4-6(7)8;1-3-5(7)4(2)6(8)9/h2H,1,3-5H2;5,7H,2-3H2,1H3,(H,8,9). The third kappa shape index (κ3) is 5.31. The average molecular weight is 241 g/mol. The molecule has 96 valence electrons. The van der Waals surface area contributed by atoms with Gasteiger partial charge in [0, 0.05) is 13.0 Å². The van der Waals surface area contributed by atoms with Gasteiger partial charge in [-0.05, 0) is 19.0 Å². The van der Waals surface area contributed by atoms with E-state index in [1.165, 1.54) is 0 Å². The Bertz CT molecular complexity index is 312. The highest BCUT2D eigenvalue weighted by atomic mass is 16.4. The van der Waals surface area contributed by atoms with E-state index in [1.807, 2.05) is 0 Å². The molecular formula is C12H19NO4. The van der Waals surface area contributed by atoms with Crippen molar-refractivity contribution in [2.75, 3.05) is 6.54 Å². The Balaban J connectivity index is 0.000000302. The van der Waals surface area contributed by atoms with Gasteiger partial charge in [0.1, 0.15) is 0 Å². The Hall–Kier alpha value is -1.62. The largest absolute Gasteiger partial charge is 0.478 e. The molecule has 1 amide bonds. The summed E-state index contributed by atoms with van der Waals surface area (Å²) in [5.74, 6) is -0.927. The fourth-order valence-corrected chi connectivity index (χ4v) is 1.25. The molecule has 0 aliphatic carbocycles. The number of carbonyl (C=O) groups is 2. The summed E-state index contributed by atoms with van der Waals surface area (Å²) < 4.78 is 0. The van der Waals surface area contributed by atoms with E-state index >= 15 is 0 Å². The number of amides is 1. The molecule has 17 heavy (non-hydrogen) atoms. The number of hydrogen-bond acceptors (Lipinski definition) is 3. The van der Waals surface area contributed by atoms with Crippen molar-refractivity contribution in [2.24, 2.45) is 0 Å². The topological polar surface area (TPSA) is 77.8 Å². The Morgan fingerprint density at radius 2 is 2.24 bits per heavy atom. The molecule has 0 bridgehead atoms. The maximum absolute atomic E-state index is 10.7. The number of rotatable bonds is 4. The molecule has 1 rings (SSSR count). The SMILES string of the molecule is C=C(C(=O)O)C(O)CC.C=CN1CCCC1=O. The number of hydrogen-bond donors (Lipinski definition) is 2. The first-order valence-corrected chi connectivity index (χ1v) is 5.46. The molecule has 0 aromatic carbocycles. The number of carboxylic acids is 1. The second-order valence-corrected chi connectivity index (χ2v) is 3.63. The second kappa shape index (κ2) is 7.62. The van der Waals surface area contributed by atoms with Crippen LogP contribution in [-0.4, -0.2) is 39.6 Å². The summed E-state index contributed by atoms with van der Waals surface area (Å²) in [6.45, 7) is 9.23. The first-order chi connectivity index (χ1) is 7.93. The van der Waals surface area contributed by atoms with E-state index in [-0.39, 0.29) is 11.5 Å². The average Bonchev–Trinajstić information content (AvgIpc) is 2.73. The minimum absolute atomic E-state index is 0.141. The van der Waals surface area contributed by atoms with Crippen LogP contribution in [0.4, 0.5) is 0 Å². The van der Waals surface area contributed by atoms with Gasteiger partial charge < -0.3 is 15.1 Å². The highest BCUT2D eigenvalue weighted by Gasteiger charge is 2.16. The predicted octanol–water partition coefficient (Wildman–Crippen LogP) is 1.15. The minimum Gasteiger partial charge on any atom is -0.478 e. The van der Waals surface area contributed by atoms with Gasteiger partial charge in [-0.25, -0.2) is 4.79 Å². The zero-order valence-corrected chi connectivity index (χ0v) is 10.1. The molecule has 0 aromatic heterocycles. The van der Waals surface area contributed by atoms with Crippen molar-refractivity contribution in [3.05, 3.63) is 24.9 Å². The Kier molecular flexibility index (Phi) is 6.89. The molecule has 5 heteroatoms. The van der Waals surface area contributed by atoms with Gasteiger partial charge in [-0.15, -0.1) is 0 Å². The predicted molar refractivity (Wildman–Crippen MR) is 64.2 cm³/mol. The lowest BCUT2D eigenvalue weighted by Gasteiger charge is -2.05. The quantitative estimate of drug-likeness (QED) is 0.724. The molecule has 1 aliphatic heterocycles. The van der Waals surface area contributed by atoms with Crippen molar-refractivity contribution in [3.8, 4) is 0 Å².